The average molecular weight is 426 g/mol. The summed E-state index contributed by atoms with van der Waals surface area (Å²) in [6.45, 7) is 12.2. The zero-order valence-electron chi connectivity index (χ0n) is 19.3. The first-order valence-corrected chi connectivity index (χ1v) is 10.2. The topological polar surface area (TPSA) is 108 Å². The van der Waals surface area contributed by atoms with Gasteiger partial charge in [-0.15, -0.1) is 0 Å². The monoisotopic (exact) mass is 425 g/mol. The molecule has 0 aromatic rings. The van der Waals surface area contributed by atoms with Gasteiger partial charge >= 0.3 is 0 Å². The molecule has 0 saturated carbocycles. The van der Waals surface area contributed by atoms with E-state index in [1.807, 2.05) is 27.7 Å². The number of methoxy groups -OCH3 is 2. The van der Waals surface area contributed by atoms with Crippen LogP contribution in [0.2, 0.25) is 0 Å². The molecule has 9 heteroatoms. The summed E-state index contributed by atoms with van der Waals surface area (Å²) in [5, 5.41) is 21.8. The van der Waals surface area contributed by atoms with Gasteiger partial charge in [0.1, 0.15) is 12.5 Å². The Morgan fingerprint density at radius 2 is 0.931 bits per heavy atom. The normalized spacial score (nSPS) is 20.5. The molecule has 0 amide bonds. The molecular formula is C20H43NO8. The second kappa shape index (κ2) is 16.3. The van der Waals surface area contributed by atoms with E-state index < -0.39 is 24.7 Å². The van der Waals surface area contributed by atoms with Crippen molar-refractivity contribution in [3.63, 3.8) is 0 Å². The largest absolute Gasteiger partial charge is 0.391 e. The minimum Gasteiger partial charge on any atom is -0.391 e. The fourth-order valence-electron chi connectivity index (χ4n) is 2.40. The van der Waals surface area contributed by atoms with Crippen molar-refractivity contribution >= 4 is 0 Å². The molecule has 8 unspecified atom stereocenters. The Bertz CT molecular complexity index is 351. The highest BCUT2D eigenvalue weighted by atomic mass is 16.6. The molecule has 0 aromatic heterocycles. The van der Waals surface area contributed by atoms with Crippen molar-refractivity contribution in [3.05, 3.63) is 0 Å². The maximum absolute atomic E-state index is 9.27. The second-order valence-electron chi connectivity index (χ2n) is 7.54. The zero-order valence-corrected chi connectivity index (χ0v) is 19.3. The number of nitrogens with one attached hydrogen (secondary N) is 1. The van der Waals surface area contributed by atoms with Gasteiger partial charge in [0.25, 0.3) is 0 Å². The van der Waals surface area contributed by atoms with Crippen LogP contribution in [-0.4, -0.2) is 99.9 Å². The Balaban J connectivity index is 4.42. The molecule has 0 bridgehead atoms. The summed E-state index contributed by atoms with van der Waals surface area (Å²) in [7, 11) is 3.18. The third-order valence-electron chi connectivity index (χ3n) is 4.12. The fraction of sp³-hybridized carbons (Fsp3) is 1.00. The zero-order chi connectivity index (χ0) is 22.4. The lowest BCUT2D eigenvalue weighted by atomic mass is 10.3. The van der Waals surface area contributed by atoms with Crippen LogP contribution in [0.3, 0.4) is 0 Å². The van der Waals surface area contributed by atoms with Crippen LogP contribution >= 0.6 is 0 Å². The van der Waals surface area contributed by atoms with E-state index >= 15 is 0 Å². The van der Waals surface area contributed by atoms with Crippen molar-refractivity contribution in [1.82, 2.24) is 5.32 Å². The molecule has 176 valence electrons. The predicted octanol–water partition coefficient (Wildman–Crippen LogP) is 0.903. The third-order valence-corrected chi connectivity index (χ3v) is 4.12. The first-order valence-electron chi connectivity index (χ1n) is 10.2. The lowest BCUT2D eigenvalue weighted by Gasteiger charge is -2.32. The molecular weight excluding hydrogens is 382 g/mol. The maximum atomic E-state index is 9.27. The molecule has 0 radical (unpaired) electrons. The number of hydrogen-bond acceptors (Lipinski definition) is 9. The van der Waals surface area contributed by atoms with Crippen LogP contribution in [0.4, 0.5) is 0 Å². The summed E-state index contributed by atoms with van der Waals surface area (Å²) >= 11 is 0. The summed E-state index contributed by atoms with van der Waals surface area (Å²) in [6, 6.07) is 0. The summed E-state index contributed by atoms with van der Waals surface area (Å²) in [5.41, 5.74) is 0. The maximum Gasteiger partial charge on any atom is 0.135 e. The minimum absolute atomic E-state index is 0.145. The molecule has 0 fully saturated rings. The average Bonchev–Trinajstić information content (AvgIpc) is 2.67. The Morgan fingerprint density at radius 3 is 1.21 bits per heavy atom. The lowest BCUT2D eigenvalue weighted by molar-refractivity contribution is -0.140. The van der Waals surface area contributed by atoms with E-state index in [-0.39, 0.29) is 37.6 Å². The van der Waals surface area contributed by atoms with Crippen LogP contribution in [0.5, 0.6) is 0 Å². The highest BCUT2D eigenvalue weighted by Gasteiger charge is 2.26. The number of aliphatic hydroxyl groups excluding tert-OH is 2. The highest BCUT2D eigenvalue weighted by molar-refractivity contribution is 4.72. The molecule has 8 atom stereocenters. The van der Waals surface area contributed by atoms with E-state index in [4.69, 9.17) is 28.4 Å². The first-order chi connectivity index (χ1) is 13.6. The van der Waals surface area contributed by atoms with Gasteiger partial charge in [0.05, 0.1) is 63.1 Å². The first kappa shape index (κ1) is 28.6. The van der Waals surface area contributed by atoms with Gasteiger partial charge in [-0.2, -0.15) is 0 Å². The summed E-state index contributed by atoms with van der Waals surface area (Å²) in [6.07, 6.45) is -2.68. The van der Waals surface area contributed by atoms with Crippen molar-refractivity contribution in [2.75, 3.05) is 40.6 Å². The quantitative estimate of drug-likeness (QED) is 0.276. The van der Waals surface area contributed by atoms with Crippen LogP contribution in [0, 0.1) is 0 Å². The SMILES string of the molecule is COC(NC(OC)C(C)OCC(C)OCC(C)O)C(C)OCC(C)OCC(C)O. The van der Waals surface area contributed by atoms with Crippen molar-refractivity contribution < 1.29 is 38.6 Å². The molecule has 0 aliphatic heterocycles. The minimum atomic E-state index is -0.507. The van der Waals surface area contributed by atoms with Crippen molar-refractivity contribution in [3.8, 4) is 0 Å². The second-order valence-corrected chi connectivity index (χ2v) is 7.54. The van der Waals surface area contributed by atoms with Crippen LogP contribution in [0.25, 0.3) is 0 Å². The van der Waals surface area contributed by atoms with Crippen LogP contribution < -0.4 is 5.32 Å². The van der Waals surface area contributed by atoms with Gasteiger partial charge in [0.15, 0.2) is 0 Å². The van der Waals surface area contributed by atoms with E-state index in [9.17, 15) is 10.2 Å². The highest BCUT2D eigenvalue weighted by Crippen LogP contribution is 2.09. The fourth-order valence-corrected chi connectivity index (χ4v) is 2.40. The van der Waals surface area contributed by atoms with E-state index in [1.54, 1.807) is 28.1 Å². The number of ether oxygens (including phenoxy) is 6. The van der Waals surface area contributed by atoms with Gasteiger partial charge < -0.3 is 38.6 Å². The summed E-state index contributed by atoms with van der Waals surface area (Å²) in [5.74, 6) is 0. The standard InChI is InChI=1S/C20H43NO8/c1-13(22)9-26-15(3)11-28-17(5)19(24-7)21-20(25-8)18(6)29-12-16(4)27-10-14(2)23/h13-23H,9-12H2,1-8H3. The van der Waals surface area contributed by atoms with E-state index in [1.165, 1.54) is 0 Å². The van der Waals surface area contributed by atoms with Crippen LogP contribution in [0.15, 0.2) is 0 Å². The molecule has 0 spiro atoms. The lowest BCUT2D eigenvalue weighted by Crippen LogP contribution is -2.52. The van der Waals surface area contributed by atoms with Crippen LogP contribution in [0.1, 0.15) is 41.5 Å². The van der Waals surface area contributed by atoms with Crippen LogP contribution in [-0.2, 0) is 28.4 Å². The Hall–Kier alpha value is -0.360. The summed E-state index contributed by atoms with van der Waals surface area (Å²) < 4.78 is 33.7. The molecule has 0 saturated heterocycles. The number of rotatable bonds is 18. The molecule has 0 rings (SSSR count). The van der Waals surface area contributed by atoms with Gasteiger partial charge in [-0.05, 0) is 41.5 Å². The van der Waals surface area contributed by atoms with Gasteiger partial charge in [0.2, 0.25) is 0 Å². The molecule has 0 aromatic carbocycles. The molecule has 3 N–H and O–H groups in total. The van der Waals surface area contributed by atoms with Gasteiger partial charge in [0, 0.05) is 14.2 Å². The van der Waals surface area contributed by atoms with Crippen molar-refractivity contribution in [2.24, 2.45) is 0 Å². The van der Waals surface area contributed by atoms with Gasteiger partial charge in [-0.1, -0.05) is 0 Å². The van der Waals surface area contributed by atoms with E-state index in [2.05, 4.69) is 5.32 Å². The Kier molecular flexibility index (Phi) is 16.1. The third kappa shape index (κ3) is 14.3. The molecule has 0 aliphatic rings. The van der Waals surface area contributed by atoms with Crippen molar-refractivity contribution in [1.29, 1.82) is 0 Å². The number of hydrogen-bond donors (Lipinski definition) is 3. The predicted molar refractivity (Wildman–Crippen MR) is 110 cm³/mol. The van der Waals surface area contributed by atoms with Gasteiger partial charge in [-0.25, -0.2) is 0 Å². The van der Waals surface area contributed by atoms with Gasteiger partial charge in [-0.3, -0.25) is 5.32 Å². The molecule has 0 heterocycles. The molecule has 9 nitrogen and oxygen atoms in total. The van der Waals surface area contributed by atoms with E-state index in [0.29, 0.717) is 13.2 Å². The summed E-state index contributed by atoms with van der Waals surface area (Å²) in [4.78, 5) is 0. The Labute approximate surface area is 175 Å². The number of aliphatic hydroxyl groups is 2. The van der Waals surface area contributed by atoms with Crippen molar-refractivity contribution in [2.45, 2.75) is 90.6 Å². The molecule has 0 aliphatic carbocycles. The Morgan fingerprint density at radius 1 is 0.586 bits per heavy atom. The molecule has 29 heavy (non-hydrogen) atoms. The van der Waals surface area contributed by atoms with E-state index in [0.717, 1.165) is 0 Å². The smallest absolute Gasteiger partial charge is 0.135 e.